The van der Waals surface area contributed by atoms with Gasteiger partial charge in [0, 0.05) is 6.54 Å². The van der Waals surface area contributed by atoms with Crippen molar-refractivity contribution < 1.29 is 14.4 Å². The maximum Gasteiger partial charge on any atom is 0.331 e. The van der Waals surface area contributed by atoms with E-state index in [4.69, 9.17) is 0 Å². The molecule has 0 unspecified atom stereocenters. The summed E-state index contributed by atoms with van der Waals surface area (Å²) in [5, 5.41) is 2.15. The van der Waals surface area contributed by atoms with Crippen molar-refractivity contribution in [3.05, 3.63) is 53.1 Å². The molecule has 1 aliphatic heterocycles. The summed E-state index contributed by atoms with van der Waals surface area (Å²) in [6, 6.07) is 7.09. The number of imide groups is 2. The molecule has 2 rings (SSSR count). The minimum atomic E-state index is -0.674. The number of amides is 4. The van der Waals surface area contributed by atoms with Gasteiger partial charge in [0.2, 0.25) is 0 Å². The molecule has 1 aromatic rings. The highest BCUT2D eigenvalue weighted by Crippen LogP contribution is 2.12. The first-order valence-electron chi connectivity index (χ1n) is 6.65. The molecule has 1 fully saturated rings. The van der Waals surface area contributed by atoms with Crippen LogP contribution in [0.1, 0.15) is 18.1 Å². The lowest BCUT2D eigenvalue weighted by Gasteiger charge is -2.24. The van der Waals surface area contributed by atoms with Crippen molar-refractivity contribution in [1.29, 1.82) is 0 Å². The highest BCUT2D eigenvalue weighted by atomic mass is 16.2. The lowest BCUT2D eigenvalue weighted by molar-refractivity contribution is -0.130. The van der Waals surface area contributed by atoms with Gasteiger partial charge in [-0.2, -0.15) is 0 Å². The standard InChI is InChI=1S/C16H16N2O3/c1-3-18-15(20)13(14(19)17-16(18)21)10-6-9-12-8-5-4-7-11(12)2/h4-10H,3H2,1-2H3,(H,17,19,21)/b9-6+,13-10+. The largest absolute Gasteiger partial charge is 0.331 e. The highest BCUT2D eigenvalue weighted by molar-refractivity contribution is 6.28. The quantitative estimate of drug-likeness (QED) is 0.682. The third kappa shape index (κ3) is 3.08. The molecule has 1 saturated heterocycles. The summed E-state index contributed by atoms with van der Waals surface area (Å²) in [7, 11) is 0. The van der Waals surface area contributed by atoms with Gasteiger partial charge < -0.3 is 0 Å². The minimum Gasteiger partial charge on any atom is -0.273 e. The Bertz CT molecular complexity index is 659. The lowest BCUT2D eigenvalue weighted by atomic mass is 10.1. The van der Waals surface area contributed by atoms with Crippen LogP contribution in [0, 0.1) is 6.92 Å². The average molecular weight is 284 g/mol. The first kappa shape index (κ1) is 14.7. The second-order valence-electron chi connectivity index (χ2n) is 4.60. The maximum absolute atomic E-state index is 12.0. The van der Waals surface area contributed by atoms with Gasteiger partial charge in [0.05, 0.1) is 0 Å². The van der Waals surface area contributed by atoms with Crippen molar-refractivity contribution in [3.8, 4) is 0 Å². The number of carbonyl (C=O) groups is 3. The Labute approximate surface area is 122 Å². The van der Waals surface area contributed by atoms with Gasteiger partial charge in [-0.25, -0.2) is 4.79 Å². The Kier molecular flexibility index (Phi) is 4.33. The number of likely N-dealkylation sites (N-methyl/N-ethyl adjacent to an activating group) is 1. The second kappa shape index (κ2) is 6.17. The van der Waals surface area contributed by atoms with Crippen LogP contribution in [0.15, 0.2) is 42.0 Å². The van der Waals surface area contributed by atoms with Crippen molar-refractivity contribution in [2.24, 2.45) is 0 Å². The molecule has 1 N–H and O–H groups in total. The summed E-state index contributed by atoms with van der Waals surface area (Å²) in [6.45, 7) is 3.87. The number of urea groups is 1. The van der Waals surface area contributed by atoms with E-state index in [1.54, 1.807) is 13.0 Å². The zero-order chi connectivity index (χ0) is 15.4. The molecule has 0 spiro atoms. The van der Waals surface area contributed by atoms with Crippen LogP contribution in [-0.4, -0.2) is 29.3 Å². The molecule has 5 heteroatoms. The van der Waals surface area contributed by atoms with Gasteiger partial charge in [-0.3, -0.25) is 19.8 Å². The Morgan fingerprint density at radius 1 is 1.19 bits per heavy atom. The molecule has 0 saturated carbocycles. The van der Waals surface area contributed by atoms with Crippen LogP contribution in [0.4, 0.5) is 4.79 Å². The van der Waals surface area contributed by atoms with Gasteiger partial charge in [0.25, 0.3) is 11.8 Å². The number of hydrogen-bond acceptors (Lipinski definition) is 3. The number of nitrogens with zero attached hydrogens (tertiary/aromatic N) is 1. The van der Waals surface area contributed by atoms with Crippen LogP contribution < -0.4 is 5.32 Å². The number of benzene rings is 1. The molecule has 0 atom stereocenters. The molecular weight excluding hydrogens is 268 g/mol. The molecule has 5 nitrogen and oxygen atoms in total. The number of nitrogens with one attached hydrogen (secondary N) is 1. The molecule has 0 radical (unpaired) electrons. The number of barbiturate groups is 1. The van der Waals surface area contributed by atoms with E-state index in [-0.39, 0.29) is 12.1 Å². The van der Waals surface area contributed by atoms with Crippen molar-refractivity contribution in [1.82, 2.24) is 10.2 Å². The Balaban J connectivity index is 2.24. The summed E-state index contributed by atoms with van der Waals surface area (Å²) in [5.74, 6) is -1.23. The van der Waals surface area contributed by atoms with Gasteiger partial charge in [-0.05, 0) is 31.1 Å². The molecular formula is C16H16N2O3. The number of carbonyl (C=O) groups excluding carboxylic acids is 3. The van der Waals surface area contributed by atoms with E-state index in [0.717, 1.165) is 16.0 Å². The number of rotatable bonds is 3. The zero-order valence-electron chi connectivity index (χ0n) is 11.9. The van der Waals surface area contributed by atoms with Crippen molar-refractivity contribution in [2.75, 3.05) is 6.54 Å². The van der Waals surface area contributed by atoms with Crippen LogP contribution in [0.5, 0.6) is 0 Å². The number of aryl methyl sites for hydroxylation is 1. The third-order valence-electron chi connectivity index (χ3n) is 3.23. The van der Waals surface area contributed by atoms with Crippen molar-refractivity contribution >= 4 is 23.9 Å². The summed E-state index contributed by atoms with van der Waals surface area (Å²) >= 11 is 0. The molecule has 0 aromatic heterocycles. The molecule has 1 aliphatic rings. The maximum atomic E-state index is 12.0. The third-order valence-corrected chi connectivity index (χ3v) is 3.23. The van der Waals surface area contributed by atoms with E-state index in [1.807, 2.05) is 37.3 Å². The summed E-state index contributed by atoms with van der Waals surface area (Å²) in [5.41, 5.74) is 2.06. The number of allylic oxidation sites excluding steroid dienone is 2. The molecule has 108 valence electrons. The highest BCUT2D eigenvalue weighted by Gasteiger charge is 2.34. The van der Waals surface area contributed by atoms with Crippen LogP contribution >= 0.6 is 0 Å². The summed E-state index contributed by atoms with van der Waals surface area (Å²) < 4.78 is 0. The van der Waals surface area contributed by atoms with Crippen LogP contribution in [0.3, 0.4) is 0 Å². The molecule has 21 heavy (non-hydrogen) atoms. The van der Waals surface area contributed by atoms with E-state index in [2.05, 4.69) is 5.32 Å². The van der Waals surface area contributed by atoms with E-state index in [0.29, 0.717) is 0 Å². The summed E-state index contributed by atoms with van der Waals surface area (Å²) in [4.78, 5) is 36.2. The molecule has 4 amide bonds. The minimum absolute atomic E-state index is 0.0405. The van der Waals surface area contributed by atoms with Gasteiger partial charge in [0.15, 0.2) is 0 Å². The molecule has 1 aromatic carbocycles. The Hall–Kier alpha value is -2.69. The zero-order valence-corrected chi connectivity index (χ0v) is 11.9. The van der Waals surface area contributed by atoms with Gasteiger partial charge >= 0.3 is 6.03 Å². The second-order valence-corrected chi connectivity index (χ2v) is 4.60. The predicted molar refractivity (Wildman–Crippen MR) is 79.2 cm³/mol. The lowest BCUT2D eigenvalue weighted by Crippen LogP contribution is -2.53. The van der Waals surface area contributed by atoms with Crippen LogP contribution in [-0.2, 0) is 9.59 Å². The summed E-state index contributed by atoms with van der Waals surface area (Å²) in [6.07, 6.45) is 4.88. The normalized spacial score (nSPS) is 17.7. The Morgan fingerprint density at radius 2 is 1.90 bits per heavy atom. The fraction of sp³-hybridized carbons (Fsp3) is 0.188. The predicted octanol–water partition coefficient (Wildman–Crippen LogP) is 2.03. The van der Waals surface area contributed by atoms with E-state index >= 15 is 0 Å². The SMILES string of the molecule is CCN1C(=O)NC(=O)/C(=C\C=C\c2ccccc2C)C1=O. The van der Waals surface area contributed by atoms with Gasteiger partial charge in [-0.15, -0.1) is 0 Å². The van der Waals surface area contributed by atoms with Crippen LogP contribution in [0.2, 0.25) is 0 Å². The van der Waals surface area contributed by atoms with Gasteiger partial charge in [0.1, 0.15) is 5.57 Å². The van der Waals surface area contributed by atoms with Crippen molar-refractivity contribution in [2.45, 2.75) is 13.8 Å². The fourth-order valence-corrected chi connectivity index (χ4v) is 2.02. The van der Waals surface area contributed by atoms with E-state index < -0.39 is 17.8 Å². The molecule has 0 aliphatic carbocycles. The van der Waals surface area contributed by atoms with Crippen molar-refractivity contribution in [3.63, 3.8) is 0 Å². The molecule has 0 bridgehead atoms. The van der Waals surface area contributed by atoms with E-state index in [9.17, 15) is 14.4 Å². The number of hydrogen-bond donors (Lipinski definition) is 1. The Morgan fingerprint density at radius 3 is 2.57 bits per heavy atom. The van der Waals surface area contributed by atoms with Gasteiger partial charge in [-0.1, -0.05) is 36.4 Å². The first-order chi connectivity index (χ1) is 10.0. The topological polar surface area (TPSA) is 66.5 Å². The fourth-order valence-electron chi connectivity index (χ4n) is 2.02. The van der Waals surface area contributed by atoms with E-state index in [1.165, 1.54) is 6.08 Å². The first-order valence-corrected chi connectivity index (χ1v) is 6.65. The average Bonchev–Trinajstić information content (AvgIpc) is 2.44. The molecule has 1 heterocycles. The smallest absolute Gasteiger partial charge is 0.273 e. The monoisotopic (exact) mass is 284 g/mol. The van der Waals surface area contributed by atoms with Crippen LogP contribution in [0.25, 0.3) is 6.08 Å².